The number of nitrogens with zero attached hydrogens (tertiary/aromatic N) is 1. The Bertz CT molecular complexity index is 284. The molecule has 1 heterocycles. The van der Waals surface area contributed by atoms with E-state index in [-0.39, 0.29) is 12.2 Å². The summed E-state index contributed by atoms with van der Waals surface area (Å²) in [5.41, 5.74) is 0. The van der Waals surface area contributed by atoms with Crippen molar-refractivity contribution in [1.29, 1.82) is 0 Å². The van der Waals surface area contributed by atoms with Gasteiger partial charge in [-0.05, 0) is 43.6 Å². The minimum atomic E-state index is 0.0535. The first-order valence-electron chi connectivity index (χ1n) is 8.15. The van der Waals surface area contributed by atoms with Crippen molar-refractivity contribution in [2.45, 2.75) is 71.5 Å². The van der Waals surface area contributed by atoms with E-state index in [0.717, 1.165) is 32.2 Å². The summed E-state index contributed by atoms with van der Waals surface area (Å²) in [5.74, 6) is 2.14. The van der Waals surface area contributed by atoms with Crippen LogP contribution in [0.4, 0.5) is 0 Å². The van der Waals surface area contributed by atoms with Gasteiger partial charge >= 0.3 is 0 Å². The minimum Gasteiger partial charge on any atom is -0.326 e. The zero-order valence-electron chi connectivity index (χ0n) is 13.7. The van der Waals surface area contributed by atoms with Crippen LogP contribution in [0.2, 0.25) is 0 Å². The third kappa shape index (κ3) is 5.65. The Kier molecular flexibility index (Phi) is 8.62. The number of unbranched alkanes of at least 4 members (excludes halogenated alkanes) is 2. The number of thioether (sulfide) groups is 1. The Morgan fingerprint density at radius 1 is 1.30 bits per heavy atom. The topological polar surface area (TPSA) is 32.3 Å². The second-order valence-electron chi connectivity index (χ2n) is 6.24. The quantitative estimate of drug-likeness (QED) is 0.627. The molecule has 1 N–H and O–H groups in total. The highest BCUT2D eigenvalue weighted by molar-refractivity contribution is 7.98. The van der Waals surface area contributed by atoms with E-state index >= 15 is 0 Å². The zero-order chi connectivity index (χ0) is 15.0. The van der Waals surface area contributed by atoms with Crippen molar-refractivity contribution in [1.82, 2.24) is 10.2 Å². The average Bonchev–Trinajstić information content (AvgIpc) is 2.67. The van der Waals surface area contributed by atoms with Crippen molar-refractivity contribution < 1.29 is 4.79 Å². The molecule has 0 aromatic carbocycles. The smallest absolute Gasteiger partial charge is 0.241 e. The van der Waals surface area contributed by atoms with E-state index < -0.39 is 0 Å². The van der Waals surface area contributed by atoms with Gasteiger partial charge in [-0.2, -0.15) is 11.8 Å². The van der Waals surface area contributed by atoms with Crippen molar-refractivity contribution in [3.63, 3.8) is 0 Å². The lowest BCUT2D eigenvalue weighted by Gasteiger charge is -2.23. The molecule has 0 bridgehead atoms. The highest BCUT2D eigenvalue weighted by Gasteiger charge is 2.37. The molecule has 1 saturated heterocycles. The molecule has 1 aliphatic heterocycles. The first kappa shape index (κ1) is 17.8. The molecular weight excluding hydrogens is 268 g/mol. The molecule has 0 spiro atoms. The van der Waals surface area contributed by atoms with Crippen molar-refractivity contribution >= 4 is 17.7 Å². The van der Waals surface area contributed by atoms with E-state index in [1.807, 2.05) is 11.8 Å². The average molecular weight is 301 g/mol. The maximum absolute atomic E-state index is 12.5. The van der Waals surface area contributed by atoms with Gasteiger partial charge in [-0.25, -0.2) is 0 Å². The van der Waals surface area contributed by atoms with Gasteiger partial charge in [0.2, 0.25) is 5.91 Å². The van der Waals surface area contributed by atoms with E-state index in [9.17, 15) is 4.79 Å². The van der Waals surface area contributed by atoms with E-state index in [4.69, 9.17) is 0 Å². The van der Waals surface area contributed by atoms with Gasteiger partial charge in [-0.15, -0.1) is 0 Å². The van der Waals surface area contributed by atoms with Crippen LogP contribution in [0.3, 0.4) is 0 Å². The fourth-order valence-electron chi connectivity index (χ4n) is 2.87. The first-order chi connectivity index (χ1) is 9.60. The molecule has 1 fully saturated rings. The Morgan fingerprint density at radius 2 is 2.05 bits per heavy atom. The summed E-state index contributed by atoms with van der Waals surface area (Å²) in [7, 11) is 0. The molecule has 0 radical (unpaired) electrons. The Morgan fingerprint density at radius 3 is 2.65 bits per heavy atom. The Balaban J connectivity index is 2.45. The molecule has 0 saturated carbocycles. The lowest BCUT2D eigenvalue weighted by atomic mass is 10.0. The molecule has 0 aliphatic carbocycles. The number of amides is 1. The van der Waals surface area contributed by atoms with Crippen LogP contribution >= 0.6 is 11.8 Å². The minimum absolute atomic E-state index is 0.0535. The van der Waals surface area contributed by atoms with Gasteiger partial charge in [0.15, 0.2) is 0 Å². The summed E-state index contributed by atoms with van der Waals surface area (Å²) < 4.78 is 0. The molecule has 4 heteroatoms. The van der Waals surface area contributed by atoms with Crippen LogP contribution < -0.4 is 5.32 Å². The van der Waals surface area contributed by atoms with Gasteiger partial charge in [0.05, 0.1) is 12.2 Å². The molecule has 118 valence electrons. The number of hydrogen-bond acceptors (Lipinski definition) is 3. The first-order valence-corrected chi connectivity index (χ1v) is 9.55. The summed E-state index contributed by atoms with van der Waals surface area (Å²) in [6.45, 7) is 7.50. The summed E-state index contributed by atoms with van der Waals surface area (Å²) in [5, 5.41) is 3.55. The van der Waals surface area contributed by atoms with E-state index in [1.165, 1.54) is 18.6 Å². The van der Waals surface area contributed by atoms with Gasteiger partial charge in [-0.3, -0.25) is 10.1 Å². The van der Waals surface area contributed by atoms with E-state index in [2.05, 4.69) is 37.2 Å². The van der Waals surface area contributed by atoms with Crippen LogP contribution in [0, 0.1) is 5.92 Å². The van der Waals surface area contributed by atoms with Crippen LogP contribution in [0.1, 0.15) is 59.3 Å². The molecule has 0 aromatic heterocycles. The SMILES string of the molecule is CCCC1NC(CC(C)C)C(=O)N1CCCCCSC. The third-order valence-electron chi connectivity index (χ3n) is 3.87. The maximum atomic E-state index is 12.5. The molecule has 0 aromatic rings. The molecule has 1 aliphatic rings. The van der Waals surface area contributed by atoms with Gasteiger partial charge in [-0.1, -0.05) is 33.6 Å². The van der Waals surface area contributed by atoms with Crippen LogP contribution in [-0.2, 0) is 4.79 Å². The number of hydrogen-bond donors (Lipinski definition) is 1. The summed E-state index contributed by atoms with van der Waals surface area (Å²) in [6.07, 6.45) is 9.24. The zero-order valence-corrected chi connectivity index (χ0v) is 14.5. The molecule has 2 atom stereocenters. The number of nitrogens with one attached hydrogen (secondary N) is 1. The third-order valence-corrected chi connectivity index (χ3v) is 4.56. The Labute approximate surface area is 129 Å². The fourth-order valence-corrected chi connectivity index (χ4v) is 3.36. The lowest BCUT2D eigenvalue weighted by molar-refractivity contribution is -0.130. The molecule has 2 unspecified atom stereocenters. The highest BCUT2D eigenvalue weighted by Crippen LogP contribution is 2.20. The van der Waals surface area contributed by atoms with Crippen molar-refractivity contribution in [2.24, 2.45) is 5.92 Å². The van der Waals surface area contributed by atoms with Crippen LogP contribution in [0.5, 0.6) is 0 Å². The largest absolute Gasteiger partial charge is 0.326 e. The maximum Gasteiger partial charge on any atom is 0.241 e. The van der Waals surface area contributed by atoms with Gasteiger partial charge < -0.3 is 4.90 Å². The predicted molar refractivity (Wildman–Crippen MR) is 89.0 cm³/mol. The monoisotopic (exact) mass is 300 g/mol. The molecule has 1 rings (SSSR count). The molecule has 3 nitrogen and oxygen atoms in total. The van der Waals surface area contributed by atoms with Gasteiger partial charge in [0, 0.05) is 6.54 Å². The van der Waals surface area contributed by atoms with Crippen molar-refractivity contribution in [3.8, 4) is 0 Å². The van der Waals surface area contributed by atoms with Gasteiger partial charge in [0.1, 0.15) is 0 Å². The lowest BCUT2D eigenvalue weighted by Crippen LogP contribution is -2.37. The second-order valence-corrected chi connectivity index (χ2v) is 7.22. The molecule has 20 heavy (non-hydrogen) atoms. The number of rotatable bonds is 10. The number of carbonyl (C=O) groups is 1. The standard InChI is InChI=1S/C16H32N2OS/c1-5-9-15-17-14(12-13(2)3)16(19)18(15)10-7-6-8-11-20-4/h13-15,17H,5-12H2,1-4H3. The normalized spacial score (nSPS) is 23.1. The molecular formula is C16H32N2OS. The summed E-state index contributed by atoms with van der Waals surface area (Å²) >= 11 is 1.91. The van der Waals surface area contributed by atoms with Crippen LogP contribution in [-0.4, -0.2) is 41.6 Å². The number of carbonyl (C=O) groups excluding carboxylic acids is 1. The molecule has 1 amide bonds. The van der Waals surface area contributed by atoms with Crippen LogP contribution in [0.25, 0.3) is 0 Å². The Hall–Kier alpha value is -0.220. The van der Waals surface area contributed by atoms with E-state index in [1.54, 1.807) is 0 Å². The van der Waals surface area contributed by atoms with E-state index in [0.29, 0.717) is 11.8 Å². The second kappa shape index (κ2) is 9.67. The summed E-state index contributed by atoms with van der Waals surface area (Å²) in [6, 6.07) is 0.0535. The van der Waals surface area contributed by atoms with Crippen LogP contribution in [0.15, 0.2) is 0 Å². The van der Waals surface area contributed by atoms with Crippen molar-refractivity contribution in [3.05, 3.63) is 0 Å². The fraction of sp³-hybridized carbons (Fsp3) is 0.938. The summed E-state index contributed by atoms with van der Waals surface area (Å²) in [4.78, 5) is 14.6. The highest BCUT2D eigenvalue weighted by atomic mass is 32.2. The predicted octanol–water partition coefficient (Wildman–Crippen LogP) is 3.49. The van der Waals surface area contributed by atoms with Gasteiger partial charge in [0.25, 0.3) is 0 Å². The van der Waals surface area contributed by atoms with Crippen molar-refractivity contribution in [2.75, 3.05) is 18.6 Å².